The van der Waals surface area contributed by atoms with Gasteiger partial charge in [-0.25, -0.2) is 4.79 Å². The van der Waals surface area contributed by atoms with Crippen LogP contribution in [0, 0.1) is 11.8 Å². The maximum atomic E-state index is 12.8. The average Bonchev–Trinajstić information content (AvgIpc) is 3.15. The second-order valence-corrected chi connectivity index (χ2v) is 8.10. The fourth-order valence-electron chi connectivity index (χ4n) is 4.32. The smallest absolute Gasteiger partial charge is 0.475 e. The number of carbonyl (C=O) groups is 2. The van der Waals surface area contributed by atoms with Crippen molar-refractivity contribution in [3.8, 4) is 0 Å². The van der Waals surface area contributed by atoms with Gasteiger partial charge in [-0.05, 0) is 37.3 Å². The zero-order chi connectivity index (χ0) is 21.9. The normalized spacial score (nSPS) is 26.7. The first-order valence-electron chi connectivity index (χ1n) is 10.1. The first-order valence-corrected chi connectivity index (χ1v) is 10.1. The van der Waals surface area contributed by atoms with Crippen LogP contribution < -0.4 is 0 Å². The third kappa shape index (κ3) is 5.75. The van der Waals surface area contributed by atoms with Crippen LogP contribution in [0.5, 0.6) is 0 Å². The number of halogens is 3. The van der Waals surface area contributed by atoms with Crippen LogP contribution in [0.1, 0.15) is 25.0 Å². The summed E-state index contributed by atoms with van der Waals surface area (Å²) in [5.41, 5.74) is 0. The van der Waals surface area contributed by atoms with Crippen LogP contribution in [0.15, 0.2) is 22.8 Å². The molecule has 0 radical (unpaired) electrons. The number of ether oxygens (including phenoxy) is 1. The van der Waals surface area contributed by atoms with E-state index in [0.717, 1.165) is 37.7 Å². The second-order valence-electron chi connectivity index (χ2n) is 8.10. The summed E-state index contributed by atoms with van der Waals surface area (Å²) in [7, 11) is 1.81. The minimum Gasteiger partial charge on any atom is -0.475 e. The minimum absolute atomic E-state index is 0.192. The molecule has 1 aromatic heterocycles. The Hall–Kier alpha value is -2.07. The lowest BCUT2D eigenvalue weighted by Gasteiger charge is -2.41. The van der Waals surface area contributed by atoms with Crippen molar-refractivity contribution < 1.29 is 37.0 Å². The molecule has 2 aliphatic heterocycles. The summed E-state index contributed by atoms with van der Waals surface area (Å²) < 4.78 is 42.8. The van der Waals surface area contributed by atoms with Crippen LogP contribution in [0.2, 0.25) is 0 Å². The number of methoxy groups -OCH3 is 1. The molecule has 1 saturated carbocycles. The first-order chi connectivity index (χ1) is 14.2. The van der Waals surface area contributed by atoms with Gasteiger partial charge >= 0.3 is 12.1 Å². The van der Waals surface area contributed by atoms with E-state index in [2.05, 4.69) is 9.80 Å². The zero-order valence-electron chi connectivity index (χ0n) is 16.8. The topological polar surface area (TPSA) is 83.2 Å². The van der Waals surface area contributed by atoms with Crippen molar-refractivity contribution in [3.05, 3.63) is 24.2 Å². The van der Waals surface area contributed by atoms with E-state index in [1.807, 2.05) is 19.2 Å². The molecule has 3 heterocycles. The van der Waals surface area contributed by atoms with Gasteiger partial charge in [-0.2, -0.15) is 13.2 Å². The molecule has 168 valence electrons. The molecule has 2 saturated heterocycles. The molecule has 0 spiro atoms. The molecule has 3 fully saturated rings. The van der Waals surface area contributed by atoms with Crippen LogP contribution in [-0.4, -0.2) is 78.4 Å². The molecule has 30 heavy (non-hydrogen) atoms. The van der Waals surface area contributed by atoms with Crippen LogP contribution in [0.25, 0.3) is 0 Å². The van der Waals surface area contributed by atoms with Crippen molar-refractivity contribution in [3.63, 3.8) is 0 Å². The van der Waals surface area contributed by atoms with Crippen molar-refractivity contribution in [2.24, 2.45) is 11.8 Å². The molecule has 4 rings (SSSR count). The molecular formula is C20H27F3N2O5. The van der Waals surface area contributed by atoms with Gasteiger partial charge in [0.05, 0.1) is 24.8 Å². The second kappa shape index (κ2) is 9.38. The third-order valence-corrected chi connectivity index (χ3v) is 5.93. The van der Waals surface area contributed by atoms with Gasteiger partial charge in [-0.3, -0.25) is 4.79 Å². The zero-order valence-corrected chi connectivity index (χ0v) is 16.8. The molecule has 1 aliphatic carbocycles. The van der Waals surface area contributed by atoms with E-state index < -0.39 is 12.1 Å². The largest absolute Gasteiger partial charge is 0.490 e. The van der Waals surface area contributed by atoms with Crippen LogP contribution >= 0.6 is 0 Å². The van der Waals surface area contributed by atoms with Crippen molar-refractivity contribution >= 4 is 11.9 Å². The number of furan rings is 1. The first kappa shape index (κ1) is 22.6. The summed E-state index contributed by atoms with van der Waals surface area (Å²) in [6.45, 7) is 4.08. The lowest BCUT2D eigenvalue weighted by atomic mass is 9.88. The monoisotopic (exact) mass is 432 g/mol. The van der Waals surface area contributed by atoms with E-state index in [4.69, 9.17) is 19.1 Å². The Bertz CT molecular complexity index is 721. The van der Waals surface area contributed by atoms with Crippen molar-refractivity contribution in [1.82, 2.24) is 9.80 Å². The highest BCUT2D eigenvalue weighted by Crippen LogP contribution is 2.36. The number of alkyl halides is 3. The summed E-state index contributed by atoms with van der Waals surface area (Å²) >= 11 is 0. The number of piperidine rings is 1. The number of likely N-dealkylation sites (tertiary alicyclic amines) is 2. The Morgan fingerprint density at radius 1 is 1.27 bits per heavy atom. The lowest BCUT2D eigenvalue weighted by molar-refractivity contribution is -0.192. The highest BCUT2D eigenvalue weighted by Gasteiger charge is 2.46. The number of carboxylic acid groups (broad SMARTS) is 1. The molecule has 0 bridgehead atoms. The van der Waals surface area contributed by atoms with E-state index in [0.29, 0.717) is 18.4 Å². The summed E-state index contributed by atoms with van der Waals surface area (Å²) in [5.74, 6) is -0.463. The van der Waals surface area contributed by atoms with Crippen molar-refractivity contribution in [2.75, 3.05) is 33.3 Å². The number of hydrogen-bond donors (Lipinski definition) is 1. The Kier molecular flexibility index (Phi) is 7.07. The molecule has 1 N–H and O–H groups in total. The summed E-state index contributed by atoms with van der Waals surface area (Å²) in [6.07, 6.45) is 0.906. The maximum absolute atomic E-state index is 12.8. The molecule has 3 aliphatic rings. The predicted octanol–water partition coefficient (Wildman–Crippen LogP) is 2.41. The van der Waals surface area contributed by atoms with E-state index in [1.165, 1.54) is 19.4 Å². The Balaban J connectivity index is 0.000000318. The maximum Gasteiger partial charge on any atom is 0.490 e. The Morgan fingerprint density at radius 2 is 1.97 bits per heavy atom. The molecule has 3 atom stereocenters. The summed E-state index contributed by atoms with van der Waals surface area (Å²) in [5, 5.41) is 7.12. The highest BCUT2D eigenvalue weighted by molar-refractivity contribution is 5.78. The van der Waals surface area contributed by atoms with Crippen LogP contribution in [0.4, 0.5) is 13.2 Å². The quantitative estimate of drug-likeness (QED) is 0.770. The number of carbonyl (C=O) groups excluding carboxylic acids is 1. The number of aliphatic carboxylic acids is 1. The van der Waals surface area contributed by atoms with Gasteiger partial charge in [0.25, 0.3) is 0 Å². The minimum atomic E-state index is -5.08. The molecule has 10 heteroatoms. The van der Waals surface area contributed by atoms with Gasteiger partial charge in [0.15, 0.2) is 0 Å². The fraction of sp³-hybridized carbons (Fsp3) is 0.700. The van der Waals surface area contributed by atoms with Crippen molar-refractivity contribution in [1.29, 1.82) is 0 Å². The van der Waals surface area contributed by atoms with E-state index >= 15 is 0 Å². The van der Waals surface area contributed by atoms with Gasteiger partial charge in [-0.1, -0.05) is 0 Å². The molecule has 1 aromatic rings. The standard InChI is InChI=1S/C18H26N2O3.C2HF3O2/c1-22-17-6-7-20(18(21)9-14-3-2-8-23-14)16-12-19(11-15(16)17)10-13-4-5-13;3-2(4,5)1(6)7/h2-3,8,13,15-17H,4-7,9-12H2,1H3;(H,6,7)/t15-,16+,17+;/m0./s1. The van der Waals surface area contributed by atoms with E-state index in [-0.39, 0.29) is 12.0 Å². The van der Waals surface area contributed by atoms with Crippen LogP contribution in [-0.2, 0) is 20.7 Å². The van der Waals surface area contributed by atoms with Crippen LogP contribution in [0.3, 0.4) is 0 Å². The predicted molar refractivity (Wildman–Crippen MR) is 99.7 cm³/mol. The van der Waals surface area contributed by atoms with E-state index in [1.54, 1.807) is 6.26 Å². The van der Waals surface area contributed by atoms with E-state index in [9.17, 15) is 18.0 Å². The Morgan fingerprint density at radius 3 is 2.50 bits per heavy atom. The molecule has 0 aromatic carbocycles. The van der Waals surface area contributed by atoms with Gasteiger partial charge < -0.3 is 24.1 Å². The lowest BCUT2D eigenvalue weighted by Crippen LogP contribution is -2.54. The number of amides is 1. The highest BCUT2D eigenvalue weighted by atomic mass is 19.4. The van der Waals surface area contributed by atoms with Gasteiger partial charge in [-0.15, -0.1) is 0 Å². The number of fused-ring (bicyclic) bond motifs is 1. The average molecular weight is 432 g/mol. The number of rotatable bonds is 5. The molecular weight excluding hydrogens is 405 g/mol. The SMILES string of the molecule is CO[C@@H]1CCN(C(=O)Cc2ccco2)[C@@H]2CN(CC3CC3)C[C@@H]21.O=C(O)C(F)(F)F. The number of nitrogens with zero attached hydrogens (tertiary/aromatic N) is 2. The number of hydrogen-bond acceptors (Lipinski definition) is 5. The van der Waals surface area contributed by atoms with Crippen molar-refractivity contribution in [2.45, 2.75) is 44.0 Å². The summed E-state index contributed by atoms with van der Waals surface area (Å²) in [4.78, 5) is 26.3. The third-order valence-electron chi connectivity index (χ3n) is 5.93. The number of carboxylic acids is 1. The summed E-state index contributed by atoms with van der Waals surface area (Å²) in [6, 6.07) is 4.02. The molecule has 0 unspecified atom stereocenters. The fourth-order valence-corrected chi connectivity index (χ4v) is 4.32. The van der Waals surface area contributed by atoms with Gasteiger partial charge in [0.1, 0.15) is 5.76 Å². The Labute approximate surface area is 172 Å². The molecule has 7 nitrogen and oxygen atoms in total. The molecule has 1 amide bonds. The van der Waals surface area contributed by atoms with Gasteiger partial charge in [0, 0.05) is 39.2 Å². The van der Waals surface area contributed by atoms with Gasteiger partial charge in [0.2, 0.25) is 5.91 Å².